The van der Waals surface area contributed by atoms with Gasteiger partial charge in [-0.15, -0.1) is 0 Å². The summed E-state index contributed by atoms with van der Waals surface area (Å²) in [4.78, 5) is 24.1. The van der Waals surface area contributed by atoms with Crippen LogP contribution in [0.4, 0.5) is 5.69 Å². The molecule has 0 spiro atoms. The van der Waals surface area contributed by atoms with E-state index in [1.165, 1.54) is 0 Å². The summed E-state index contributed by atoms with van der Waals surface area (Å²) in [5, 5.41) is 0. The highest BCUT2D eigenvalue weighted by molar-refractivity contribution is 5.99. The molecular weight excluding hydrogens is 218 g/mol. The number of nitrogens with zero attached hydrogens (tertiary/aromatic N) is 1. The first kappa shape index (κ1) is 11.4. The van der Waals surface area contributed by atoms with Gasteiger partial charge in [0.25, 0.3) is 5.91 Å². The van der Waals surface area contributed by atoms with Crippen molar-refractivity contribution < 1.29 is 14.3 Å². The number of aldehydes is 1. The minimum atomic E-state index is -0.122. The number of amides is 1. The Kier molecular flexibility index (Phi) is 2.95. The van der Waals surface area contributed by atoms with Crippen LogP contribution in [0.5, 0.6) is 5.75 Å². The van der Waals surface area contributed by atoms with E-state index in [0.29, 0.717) is 23.5 Å². The molecule has 88 valence electrons. The van der Waals surface area contributed by atoms with Crippen molar-refractivity contribution in [2.75, 3.05) is 18.1 Å². The summed E-state index contributed by atoms with van der Waals surface area (Å²) in [5.41, 5.74) is 2.03. The average Bonchev–Trinajstić information content (AvgIpc) is 2.32. The van der Waals surface area contributed by atoms with Crippen molar-refractivity contribution in [2.24, 2.45) is 0 Å². The second-order valence-corrected chi connectivity index (χ2v) is 4.07. The van der Waals surface area contributed by atoms with Crippen molar-refractivity contribution in [3.05, 3.63) is 35.9 Å². The second-order valence-electron chi connectivity index (χ2n) is 4.07. The third kappa shape index (κ3) is 2.20. The topological polar surface area (TPSA) is 46.6 Å². The molecule has 0 atom stereocenters. The third-order valence-corrected chi connectivity index (χ3v) is 2.49. The Hall–Kier alpha value is -2.10. The Balaban J connectivity index is 2.44. The highest BCUT2D eigenvalue weighted by Gasteiger charge is 2.25. The first-order valence-electron chi connectivity index (χ1n) is 5.28. The zero-order chi connectivity index (χ0) is 12.4. The van der Waals surface area contributed by atoms with E-state index >= 15 is 0 Å². The number of anilines is 1. The van der Waals surface area contributed by atoms with Crippen LogP contribution in [0.1, 0.15) is 17.3 Å². The molecule has 17 heavy (non-hydrogen) atoms. The van der Waals surface area contributed by atoms with Crippen LogP contribution in [0.25, 0.3) is 0 Å². The molecule has 0 saturated carbocycles. The van der Waals surface area contributed by atoms with Gasteiger partial charge in [-0.2, -0.15) is 0 Å². The molecule has 0 fully saturated rings. The number of hydrogen-bond donors (Lipinski definition) is 0. The molecule has 1 aromatic rings. The Morgan fingerprint density at radius 2 is 2.35 bits per heavy atom. The van der Waals surface area contributed by atoms with Crippen molar-refractivity contribution in [3.8, 4) is 5.75 Å². The van der Waals surface area contributed by atoms with Crippen LogP contribution in [0, 0.1) is 0 Å². The summed E-state index contributed by atoms with van der Waals surface area (Å²) in [6.45, 7) is 6.12. The monoisotopic (exact) mass is 231 g/mol. The highest BCUT2D eigenvalue weighted by Crippen LogP contribution is 2.32. The molecule has 1 aliphatic heterocycles. The maximum absolute atomic E-state index is 11.8. The van der Waals surface area contributed by atoms with Gasteiger partial charge in [0.15, 0.2) is 6.61 Å². The van der Waals surface area contributed by atoms with E-state index in [9.17, 15) is 9.59 Å². The Morgan fingerprint density at radius 3 is 3.00 bits per heavy atom. The normalized spacial score (nSPS) is 13.9. The lowest BCUT2D eigenvalue weighted by molar-refractivity contribution is -0.121. The molecule has 1 amide bonds. The summed E-state index contributed by atoms with van der Waals surface area (Å²) < 4.78 is 5.31. The summed E-state index contributed by atoms with van der Waals surface area (Å²) in [5.74, 6) is 0.500. The smallest absolute Gasteiger partial charge is 0.265 e. The molecule has 4 heteroatoms. The molecule has 2 rings (SSSR count). The Bertz CT molecular complexity index is 493. The number of rotatable bonds is 3. The molecule has 0 unspecified atom stereocenters. The zero-order valence-electron chi connectivity index (χ0n) is 9.60. The fourth-order valence-electron chi connectivity index (χ4n) is 1.74. The van der Waals surface area contributed by atoms with Crippen LogP contribution in [0.3, 0.4) is 0 Å². The van der Waals surface area contributed by atoms with Gasteiger partial charge in [-0.3, -0.25) is 9.59 Å². The van der Waals surface area contributed by atoms with Crippen molar-refractivity contribution in [2.45, 2.75) is 6.92 Å². The molecule has 1 aliphatic rings. The van der Waals surface area contributed by atoms with Gasteiger partial charge in [-0.25, -0.2) is 0 Å². The van der Waals surface area contributed by atoms with E-state index in [1.807, 2.05) is 6.92 Å². The molecule has 0 radical (unpaired) electrons. The Morgan fingerprint density at radius 1 is 1.59 bits per heavy atom. The quantitative estimate of drug-likeness (QED) is 0.588. The Labute approximate surface area is 99.5 Å². The molecule has 1 heterocycles. The lowest BCUT2D eigenvalue weighted by atomic mass is 10.1. The van der Waals surface area contributed by atoms with Gasteiger partial charge >= 0.3 is 0 Å². The van der Waals surface area contributed by atoms with Crippen LogP contribution in [0.15, 0.2) is 30.4 Å². The summed E-state index contributed by atoms with van der Waals surface area (Å²) >= 11 is 0. The molecule has 0 aromatic heterocycles. The van der Waals surface area contributed by atoms with Crippen molar-refractivity contribution in [3.63, 3.8) is 0 Å². The van der Waals surface area contributed by atoms with E-state index in [2.05, 4.69) is 6.58 Å². The summed E-state index contributed by atoms with van der Waals surface area (Å²) in [6.07, 6.45) is 0.748. The third-order valence-electron chi connectivity index (χ3n) is 2.49. The maximum atomic E-state index is 11.8. The first-order valence-corrected chi connectivity index (χ1v) is 5.28. The fourth-order valence-corrected chi connectivity index (χ4v) is 1.74. The first-order chi connectivity index (χ1) is 8.11. The molecule has 1 aromatic carbocycles. The lowest BCUT2D eigenvalue weighted by Crippen LogP contribution is -2.39. The summed E-state index contributed by atoms with van der Waals surface area (Å²) in [7, 11) is 0. The van der Waals surface area contributed by atoms with Crippen molar-refractivity contribution in [1.29, 1.82) is 0 Å². The van der Waals surface area contributed by atoms with Gasteiger partial charge in [0.2, 0.25) is 0 Å². The molecule has 0 N–H and O–H groups in total. The predicted octanol–water partition coefficient (Wildman–Crippen LogP) is 1.80. The van der Waals surface area contributed by atoms with Gasteiger partial charge in [0, 0.05) is 12.1 Å². The summed E-state index contributed by atoms with van der Waals surface area (Å²) in [6, 6.07) is 5.03. The zero-order valence-corrected chi connectivity index (χ0v) is 9.60. The van der Waals surface area contributed by atoms with Crippen LogP contribution in [-0.4, -0.2) is 25.3 Å². The van der Waals surface area contributed by atoms with Crippen LogP contribution >= 0.6 is 0 Å². The van der Waals surface area contributed by atoms with Crippen LogP contribution in [-0.2, 0) is 4.79 Å². The number of carbonyl (C=O) groups excluding carboxylic acids is 2. The number of fused-ring (bicyclic) bond motifs is 1. The van der Waals surface area contributed by atoms with E-state index in [1.54, 1.807) is 23.1 Å². The van der Waals surface area contributed by atoms with Gasteiger partial charge in [-0.05, 0) is 25.1 Å². The van der Waals surface area contributed by atoms with Gasteiger partial charge in [0.05, 0.1) is 5.69 Å². The van der Waals surface area contributed by atoms with E-state index in [0.717, 1.165) is 11.9 Å². The molecule has 0 aliphatic carbocycles. The maximum Gasteiger partial charge on any atom is 0.265 e. The minimum Gasteiger partial charge on any atom is -0.482 e. The lowest BCUT2D eigenvalue weighted by Gasteiger charge is -2.29. The SMILES string of the molecule is C=C(C)CN1C(=O)COc2ccc(C=O)cc21. The molecule has 4 nitrogen and oxygen atoms in total. The van der Waals surface area contributed by atoms with E-state index in [4.69, 9.17) is 4.74 Å². The highest BCUT2D eigenvalue weighted by atomic mass is 16.5. The minimum absolute atomic E-state index is 0.0285. The molecule has 0 bridgehead atoms. The largest absolute Gasteiger partial charge is 0.482 e. The van der Waals surface area contributed by atoms with Gasteiger partial charge < -0.3 is 9.64 Å². The number of benzene rings is 1. The standard InChI is InChI=1S/C13H13NO3/c1-9(2)6-14-11-5-10(7-15)3-4-12(11)17-8-13(14)16/h3-5,7H,1,6,8H2,2H3. The number of ether oxygens (including phenoxy) is 1. The fraction of sp³-hybridized carbons (Fsp3) is 0.231. The van der Waals surface area contributed by atoms with Crippen molar-refractivity contribution >= 4 is 17.9 Å². The van der Waals surface area contributed by atoms with Crippen molar-refractivity contribution in [1.82, 2.24) is 0 Å². The average molecular weight is 231 g/mol. The van der Waals surface area contributed by atoms with E-state index in [-0.39, 0.29) is 12.5 Å². The second kappa shape index (κ2) is 4.41. The molecule has 0 saturated heterocycles. The molecular formula is C13H13NO3. The van der Waals surface area contributed by atoms with Crippen LogP contribution in [0.2, 0.25) is 0 Å². The van der Waals surface area contributed by atoms with Gasteiger partial charge in [0.1, 0.15) is 12.0 Å². The van der Waals surface area contributed by atoms with Gasteiger partial charge in [-0.1, -0.05) is 12.2 Å². The van der Waals surface area contributed by atoms with Crippen LogP contribution < -0.4 is 9.64 Å². The van der Waals surface area contributed by atoms with E-state index < -0.39 is 0 Å². The number of carbonyl (C=O) groups is 2. The predicted molar refractivity (Wildman–Crippen MR) is 64.5 cm³/mol. The number of hydrogen-bond acceptors (Lipinski definition) is 3.